The smallest absolute Gasteiger partial charge is 0.269 e. The molecule has 0 atom stereocenters. The number of rotatable bonds is 3. The molecule has 27 heavy (non-hydrogen) atoms. The normalized spacial score (nSPS) is 19.6. The zero-order valence-corrected chi connectivity index (χ0v) is 16.1. The van der Waals surface area contributed by atoms with Crippen LogP contribution in [0.4, 0.5) is 11.4 Å². The summed E-state index contributed by atoms with van der Waals surface area (Å²) in [6, 6.07) is 15.8. The molecule has 2 aromatic carbocycles. The minimum atomic E-state index is -0.0573. The number of hydrogen-bond donors (Lipinski definition) is 1. The highest BCUT2D eigenvalue weighted by Crippen LogP contribution is 2.29. The third-order valence-corrected chi connectivity index (χ3v) is 5.38. The first-order chi connectivity index (χ1) is 13.1. The molecule has 0 aliphatic carbocycles. The second-order valence-corrected chi connectivity index (χ2v) is 7.38. The molecule has 2 saturated heterocycles. The minimum Gasteiger partial charge on any atom is -0.368 e. The Morgan fingerprint density at radius 2 is 1.70 bits per heavy atom. The summed E-state index contributed by atoms with van der Waals surface area (Å²) in [6.45, 7) is 4.53. The molecule has 2 aliphatic heterocycles. The van der Waals surface area contributed by atoms with Crippen LogP contribution in [0.25, 0.3) is 6.08 Å². The minimum absolute atomic E-state index is 0.0573. The number of amides is 1. The Balaban J connectivity index is 1.67. The van der Waals surface area contributed by atoms with Gasteiger partial charge in [-0.1, -0.05) is 29.8 Å². The van der Waals surface area contributed by atoms with Gasteiger partial charge in [0.05, 0.1) is 6.67 Å². The summed E-state index contributed by atoms with van der Waals surface area (Å²) in [7, 11) is 2.15. The van der Waals surface area contributed by atoms with Gasteiger partial charge in [0.1, 0.15) is 5.70 Å². The van der Waals surface area contributed by atoms with Crippen molar-refractivity contribution in [2.24, 2.45) is 0 Å². The van der Waals surface area contributed by atoms with E-state index in [-0.39, 0.29) is 5.91 Å². The zero-order valence-electron chi connectivity index (χ0n) is 15.4. The number of benzene rings is 2. The number of carbonyl (C=O) groups excluding carboxylic acids is 1. The second-order valence-electron chi connectivity index (χ2n) is 6.95. The van der Waals surface area contributed by atoms with Crippen molar-refractivity contribution in [1.29, 1.82) is 0 Å². The van der Waals surface area contributed by atoms with E-state index in [0.29, 0.717) is 17.4 Å². The maximum Gasteiger partial charge on any atom is 0.269 e. The van der Waals surface area contributed by atoms with Gasteiger partial charge in [-0.05, 0) is 43.5 Å². The quantitative estimate of drug-likeness (QED) is 0.828. The molecule has 0 spiro atoms. The molecule has 2 aliphatic rings. The summed E-state index contributed by atoms with van der Waals surface area (Å²) in [5.74, 6) is -0.0573. The van der Waals surface area contributed by atoms with Crippen molar-refractivity contribution in [1.82, 2.24) is 10.2 Å². The number of piperazine rings is 1. The highest BCUT2D eigenvalue weighted by atomic mass is 35.5. The maximum absolute atomic E-state index is 12.5. The molecule has 0 saturated carbocycles. The van der Waals surface area contributed by atoms with Crippen molar-refractivity contribution in [2.75, 3.05) is 49.7 Å². The molecule has 6 heteroatoms. The second kappa shape index (κ2) is 7.62. The van der Waals surface area contributed by atoms with Crippen molar-refractivity contribution < 1.29 is 4.79 Å². The number of likely N-dealkylation sites (N-methyl/N-ethyl adjacent to an activating group) is 1. The Morgan fingerprint density at radius 1 is 1.00 bits per heavy atom. The molecule has 1 amide bonds. The first kappa shape index (κ1) is 17.9. The van der Waals surface area contributed by atoms with Gasteiger partial charge in [0, 0.05) is 48.1 Å². The van der Waals surface area contributed by atoms with Crippen LogP contribution in [0.15, 0.2) is 54.2 Å². The number of hydrogen-bond acceptors (Lipinski definition) is 4. The maximum atomic E-state index is 12.5. The standard InChI is InChI=1S/C21H23ClN4O/c1-24-10-12-25(13-11-24)19-5-3-2-4-16(19)14-20-21(27)23-15-26(20)18-8-6-17(22)7-9-18/h2-9,14H,10-13,15H2,1H3,(H,23,27)/b20-14+. The third-order valence-electron chi connectivity index (χ3n) is 5.13. The SMILES string of the molecule is CN1CCN(c2ccccc2/C=C2\C(=O)NCN2c2ccc(Cl)cc2)CC1. The molecular formula is C21H23ClN4O. The molecule has 0 aromatic heterocycles. The molecule has 1 N–H and O–H groups in total. The molecular weight excluding hydrogens is 360 g/mol. The van der Waals surface area contributed by atoms with E-state index in [4.69, 9.17) is 11.6 Å². The number of carbonyl (C=O) groups is 1. The highest BCUT2D eigenvalue weighted by molar-refractivity contribution is 6.30. The molecule has 0 unspecified atom stereocenters. The van der Waals surface area contributed by atoms with Crippen LogP contribution in [0.1, 0.15) is 5.56 Å². The lowest BCUT2D eigenvalue weighted by atomic mass is 10.1. The van der Waals surface area contributed by atoms with Gasteiger partial charge in [-0.15, -0.1) is 0 Å². The van der Waals surface area contributed by atoms with Gasteiger partial charge in [0.2, 0.25) is 0 Å². The fraction of sp³-hybridized carbons (Fsp3) is 0.286. The highest BCUT2D eigenvalue weighted by Gasteiger charge is 2.27. The Morgan fingerprint density at radius 3 is 2.44 bits per heavy atom. The van der Waals surface area contributed by atoms with E-state index < -0.39 is 0 Å². The van der Waals surface area contributed by atoms with E-state index in [2.05, 4.69) is 40.4 Å². The van der Waals surface area contributed by atoms with Crippen LogP contribution in [0.2, 0.25) is 5.02 Å². The van der Waals surface area contributed by atoms with E-state index in [9.17, 15) is 4.79 Å². The topological polar surface area (TPSA) is 38.8 Å². The van der Waals surface area contributed by atoms with E-state index in [1.165, 1.54) is 5.69 Å². The third kappa shape index (κ3) is 3.80. The molecule has 0 radical (unpaired) electrons. The Labute approximate surface area is 164 Å². The van der Waals surface area contributed by atoms with Crippen LogP contribution < -0.4 is 15.1 Å². The average molecular weight is 383 g/mol. The lowest BCUT2D eigenvalue weighted by Crippen LogP contribution is -2.44. The molecule has 5 nitrogen and oxygen atoms in total. The van der Waals surface area contributed by atoms with Gasteiger partial charge in [-0.2, -0.15) is 0 Å². The summed E-state index contributed by atoms with van der Waals surface area (Å²) >= 11 is 6.01. The van der Waals surface area contributed by atoms with Crippen LogP contribution in [0.5, 0.6) is 0 Å². The van der Waals surface area contributed by atoms with E-state index >= 15 is 0 Å². The zero-order chi connectivity index (χ0) is 18.8. The van der Waals surface area contributed by atoms with Crippen LogP contribution in [0.3, 0.4) is 0 Å². The summed E-state index contributed by atoms with van der Waals surface area (Å²) in [6.07, 6.45) is 1.99. The Hall–Kier alpha value is -2.50. The Kier molecular flexibility index (Phi) is 5.05. The van der Waals surface area contributed by atoms with Crippen molar-refractivity contribution in [3.63, 3.8) is 0 Å². The number of halogens is 1. The van der Waals surface area contributed by atoms with Gasteiger partial charge in [-0.25, -0.2) is 0 Å². The first-order valence-corrected chi connectivity index (χ1v) is 9.55. The molecule has 2 fully saturated rings. The number of para-hydroxylation sites is 1. The van der Waals surface area contributed by atoms with Crippen molar-refractivity contribution in [3.8, 4) is 0 Å². The van der Waals surface area contributed by atoms with Crippen LogP contribution >= 0.6 is 11.6 Å². The number of anilines is 2. The van der Waals surface area contributed by atoms with E-state index in [0.717, 1.165) is 37.4 Å². The van der Waals surface area contributed by atoms with Gasteiger partial charge in [0.25, 0.3) is 5.91 Å². The summed E-state index contributed by atoms with van der Waals surface area (Å²) in [4.78, 5) is 19.2. The van der Waals surface area contributed by atoms with Crippen LogP contribution in [0, 0.1) is 0 Å². The molecule has 2 aromatic rings. The fourth-order valence-corrected chi connectivity index (χ4v) is 3.66. The average Bonchev–Trinajstić information content (AvgIpc) is 3.04. The number of nitrogens with zero attached hydrogens (tertiary/aromatic N) is 3. The van der Waals surface area contributed by atoms with Gasteiger partial charge in [0.15, 0.2) is 0 Å². The lowest BCUT2D eigenvalue weighted by molar-refractivity contribution is -0.116. The van der Waals surface area contributed by atoms with Crippen LogP contribution in [-0.4, -0.2) is 50.7 Å². The monoisotopic (exact) mass is 382 g/mol. The summed E-state index contributed by atoms with van der Waals surface area (Å²) in [5.41, 5.74) is 3.84. The molecule has 2 heterocycles. The number of nitrogens with one attached hydrogen (secondary N) is 1. The first-order valence-electron chi connectivity index (χ1n) is 9.17. The van der Waals surface area contributed by atoms with Gasteiger partial charge in [-0.3, -0.25) is 4.79 Å². The predicted octanol–water partition coefficient (Wildman–Crippen LogP) is 3.03. The molecule has 140 valence electrons. The van der Waals surface area contributed by atoms with Crippen molar-refractivity contribution in [3.05, 3.63) is 64.8 Å². The van der Waals surface area contributed by atoms with Gasteiger partial charge < -0.3 is 20.0 Å². The van der Waals surface area contributed by atoms with Crippen molar-refractivity contribution in [2.45, 2.75) is 0 Å². The van der Waals surface area contributed by atoms with Crippen LogP contribution in [-0.2, 0) is 4.79 Å². The van der Waals surface area contributed by atoms with E-state index in [1.807, 2.05) is 41.3 Å². The van der Waals surface area contributed by atoms with Crippen molar-refractivity contribution >= 4 is 35.0 Å². The molecule has 4 rings (SSSR count). The summed E-state index contributed by atoms with van der Waals surface area (Å²) in [5, 5.41) is 3.61. The lowest BCUT2D eigenvalue weighted by Gasteiger charge is -2.35. The fourth-order valence-electron chi connectivity index (χ4n) is 3.54. The Bertz CT molecular complexity index is 857. The molecule has 0 bridgehead atoms. The largest absolute Gasteiger partial charge is 0.368 e. The predicted molar refractivity (Wildman–Crippen MR) is 111 cm³/mol. The van der Waals surface area contributed by atoms with Gasteiger partial charge >= 0.3 is 0 Å². The van der Waals surface area contributed by atoms with E-state index in [1.54, 1.807) is 0 Å². The summed E-state index contributed by atoms with van der Waals surface area (Å²) < 4.78 is 0.